The summed E-state index contributed by atoms with van der Waals surface area (Å²) in [7, 11) is 0. The number of carbonyl (C=O) groups is 2. The number of amides is 2. The fraction of sp³-hybridized carbons (Fsp3) is 0.364. The van der Waals surface area contributed by atoms with E-state index in [4.69, 9.17) is 23.2 Å². The zero-order chi connectivity index (χ0) is 21.6. The van der Waals surface area contributed by atoms with Gasteiger partial charge < -0.3 is 10.2 Å². The Hall–Kier alpha value is -1.69. The molecule has 2 rings (SSSR count). The highest BCUT2D eigenvalue weighted by atomic mass is 35.5. The number of hydrogen-bond acceptors (Lipinski definition) is 3. The largest absolute Gasteiger partial charge is 0.350 e. The molecule has 0 aromatic heterocycles. The topological polar surface area (TPSA) is 49.4 Å². The average molecular weight is 453 g/mol. The molecule has 2 amide bonds. The summed E-state index contributed by atoms with van der Waals surface area (Å²) in [6.45, 7) is 7.74. The number of rotatable bonds is 7. The maximum atomic E-state index is 13.1. The molecule has 4 nitrogen and oxygen atoms in total. The predicted octanol–water partition coefficient (Wildman–Crippen LogP) is 5.42. The molecule has 0 aliphatic rings. The van der Waals surface area contributed by atoms with Gasteiger partial charge in [-0.05, 0) is 57.5 Å². The molecule has 7 heteroatoms. The van der Waals surface area contributed by atoms with Crippen molar-refractivity contribution in [2.75, 3.05) is 5.75 Å². The highest BCUT2D eigenvalue weighted by molar-refractivity contribution is 8.00. The van der Waals surface area contributed by atoms with E-state index in [2.05, 4.69) is 5.32 Å². The van der Waals surface area contributed by atoms with Crippen LogP contribution in [0, 0.1) is 0 Å². The van der Waals surface area contributed by atoms with E-state index < -0.39 is 6.04 Å². The normalized spacial score (nSPS) is 12.3. The number of thioether (sulfide) groups is 1. The quantitative estimate of drug-likeness (QED) is 0.570. The van der Waals surface area contributed by atoms with Crippen LogP contribution in [0.3, 0.4) is 0 Å². The number of benzene rings is 2. The first-order chi connectivity index (χ1) is 13.6. The number of nitrogens with one attached hydrogen (secondary N) is 1. The van der Waals surface area contributed by atoms with Crippen LogP contribution in [0.5, 0.6) is 0 Å². The van der Waals surface area contributed by atoms with Gasteiger partial charge >= 0.3 is 0 Å². The molecule has 2 aromatic rings. The van der Waals surface area contributed by atoms with Crippen molar-refractivity contribution in [3.05, 3.63) is 64.1 Å². The van der Waals surface area contributed by atoms with E-state index in [0.717, 1.165) is 10.5 Å². The first kappa shape index (κ1) is 23.6. The fourth-order valence-corrected chi connectivity index (χ4v) is 3.76. The van der Waals surface area contributed by atoms with Crippen LogP contribution in [-0.4, -0.2) is 34.0 Å². The minimum atomic E-state index is -0.632. The Morgan fingerprint density at radius 2 is 1.72 bits per heavy atom. The molecule has 0 saturated heterocycles. The molecule has 0 fully saturated rings. The SMILES string of the molecule is C[C@H](C(=O)NC(C)(C)C)N(Cc1ccc(Cl)c(Cl)c1)C(=O)CSc1ccccc1. The smallest absolute Gasteiger partial charge is 0.242 e. The number of halogens is 2. The van der Waals surface area contributed by atoms with E-state index in [1.54, 1.807) is 24.0 Å². The molecule has 0 heterocycles. The van der Waals surface area contributed by atoms with Crippen LogP contribution in [0.4, 0.5) is 0 Å². The maximum absolute atomic E-state index is 13.1. The van der Waals surface area contributed by atoms with E-state index >= 15 is 0 Å². The molecule has 0 saturated carbocycles. The Bertz CT molecular complexity index is 854. The highest BCUT2D eigenvalue weighted by Crippen LogP contribution is 2.24. The minimum absolute atomic E-state index is 0.124. The lowest BCUT2D eigenvalue weighted by Crippen LogP contribution is -2.52. The molecule has 1 N–H and O–H groups in total. The standard InChI is InChI=1S/C22H26Cl2N2O2S/c1-15(21(28)25-22(2,3)4)26(13-16-10-11-18(23)19(24)12-16)20(27)14-29-17-8-6-5-7-9-17/h5-12,15H,13-14H2,1-4H3,(H,25,28)/t15-/m1/s1. The van der Waals surface area contributed by atoms with Gasteiger partial charge in [0, 0.05) is 17.0 Å². The van der Waals surface area contributed by atoms with Gasteiger partial charge in [0.2, 0.25) is 11.8 Å². The summed E-state index contributed by atoms with van der Waals surface area (Å²) < 4.78 is 0. The summed E-state index contributed by atoms with van der Waals surface area (Å²) >= 11 is 13.6. The maximum Gasteiger partial charge on any atom is 0.242 e. The third-order valence-corrected chi connectivity index (χ3v) is 5.84. The van der Waals surface area contributed by atoms with Gasteiger partial charge in [0.25, 0.3) is 0 Å². The van der Waals surface area contributed by atoms with Gasteiger partial charge in [0.15, 0.2) is 0 Å². The van der Waals surface area contributed by atoms with Crippen molar-refractivity contribution in [1.82, 2.24) is 10.2 Å². The average Bonchev–Trinajstić information content (AvgIpc) is 2.66. The molecule has 2 aromatic carbocycles. The van der Waals surface area contributed by atoms with Crippen molar-refractivity contribution < 1.29 is 9.59 Å². The van der Waals surface area contributed by atoms with Gasteiger partial charge in [-0.3, -0.25) is 9.59 Å². The summed E-state index contributed by atoms with van der Waals surface area (Å²) in [4.78, 5) is 28.4. The minimum Gasteiger partial charge on any atom is -0.350 e. The first-order valence-electron chi connectivity index (χ1n) is 9.30. The second-order valence-electron chi connectivity index (χ2n) is 7.79. The molecule has 0 aliphatic heterocycles. The van der Waals surface area contributed by atoms with E-state index in [0.29, 0.717) is 10.0 Å². The Morgan fingerprint density at radius 3 is 2.31 bits per heavy atom. The van der Waals surface area contributed by atoms with Crippen LogP contribution in [-0.2, 0) is 16.1 Å². The van der Waals surface area contributed by atoms with Crippen LogP contribution in [0.2, 0.25) is 10.0 Å². The van der Waals surface area contributed by atoms with Gasteiger partial charge in [0.1, 0.15) is 6.04 Å². The zero-order valence-corrected chi connectivity index (χ0v) is 19.4. The summed E-state index contributed by atoms with van der Waals surface area (Å²) in [5.74, 6) is -0.0875. The Kier molecular flexibility index (Phi) is 8.44. The monoisotopic (exact) mass is 452 g/mol. The van der Waals surface area contributed by atoms with Crippen LogP contribution < -0.4 is 5.32 Å². The van der Waals surface area contributed by atoms with E-state index in [-0.39, 0.29) is 29.7 Å². The number of nitrogens with zero attached hydrogens (tertiary/aromatic N) is 1. The number of hydrogen-bond donors (Lipinski definition) is 1. The third kappa shape index (κ3) is 7.57. The molecule has 0 spiro atoms. The van der Waals surface area contributed by atoms with E-state index in [1.165, 1.54) is 11.8 Å². The van der Waals surface area contributed by atoms with Crippen molar-refractivity contribution in [2.45, 2.75) is 50.7 Å². The second kappa shape index (κ2) is 10.4. The van der Waals surface area contributed by atoms with Crippen LogP contribution in [0.15, 0.2) is 53.4 Å². The summed E-state index contributed by atoms with van der Waals surface area (Å²) in [6.07, 6.45) is 0. The van der Waals surface area contributed by atoms with Crippen LogP contribution in [0.25, 0.3) is 0 Å². The highest BCUT2D eigenvalue weighted by Gasteiger charge is 2.28. The Morgan fingerprint density at radius 1 is 1.07 bits per heavy atom. The lowest BCUT2D eigenvalue weighted by Gasteiger charge is -2.31. The third-order valence-electron chi connectivity index (χ3n) is 4.11. The van der Waals surface area contributed by atoms with Crippen molar-refractivity contribution in [3.63, 3.8) is 0 Å². The predicted molar refractivity (Wildman–Crippen MR) is 122 cm³/mol. The van der Waals surface area contributed by atoms with Crippen LogP contribution >= 0.6 is 35.0 Å². The summed E-state index contributed by atoms with van der Waals surface area (Å²) in [5.41, 5.74) is 0.426. The van der Waals surface area contributed by atoms with Crippen molar-refractivity contribution in [2.24, 2.45) is 0 Å². The van der Waals surface area contributed by atoms with Gasteiger partial charge in [-0.2, -0.15) is 0 Å². The molecule has 0 bridgehead atoms. The van der Waals surface area contributed by atoms with Crippen molar-refractivity contribution in [3.8, 4) is 0 Å². The van der Waals surface area contributed by atoms with Crippen molar-refractivity contribution in [1.29, 1.82) is 0 Å². The van der Waals surface area contributed by atoms with Gasteiger partial charge in [-0.1, -0.05) is 47.5 Å². The van der Waals surface area contributed by atoms with Gasteiger partial charge in [0.05, 0.1) is 15.8 Å². The molecule has 29 heavy (non-hydrogen) atoms. The lowest BCUT2D eigenvalue weighted by molar-refractivity contribution is -0.139. The van der Waals surface area contributed by atoms with Crippen LogP contribution in [0.1, 0.15) is 33.3 Å². The van der Waals surface area contributed by atoms with Crippen molar-refractivity contribution >= 4 is 46.8 Å². The summed E-state index contributed by atoms with van der Waals surface area (Å²) in [5, 5.41) is 3.82. The molecular formula is C22H26Cl2N2O2S. The molecule has 0 aliphatic carbocycles. The Balaban J connectivity index is 2.19. The van der Waals surface area contributed by atoms with E-state index in [1.807, 2.05) is 57.2 Å². The molecule has 0 unspecified atom stereocenters. The first-order valence-corrected chi connectivity index (χ1v) is 11.0. The van der Waals surface area contributed by atoms with Gasteiger partial charge in [-0.25, -0.2) is 0 Å². The Labute approximate surface area is 187 Å². The molecule has 0 radical (unpaired) electrons. The molecular weight excluding hydrogens is 427 g/mol. The summed E-state index contributed by atoms with van der Waals surface area (Å²) in [6, 6.07) is 14.3. The molecule has 156 valence electrons. The fourth-order valence-electron chi connectivity index (χ4n) is 2.64. The van der Waals surface area contributed by atoms with E-state index in [9.17, 15) is 9.59 Å². The zero-order valence-electron chi connectivity index (χ0n) is 17.0. The second-order valence-corrected chi connectivity index (χ2v) is 9.65. The van der Waals surface area contributed by atoms with Gasteiger partial charge in [-0.15, -0.1) is 11.8 Å². The molecule has 1 atom stereocenters. The lowest BCUT2D eigenvalue weighted by atomic mass is 10.1. The number of carbonyl (C=O) groups excluding carboxylic acids is 2.